The Morgan fingerprint density at radius 1 is 1.25 bits per heavy atom. The first-order valence-corrected chi connectivity index (χ1v) is 10.4. The fourth-order valence-electron chi connectivity index (χ4n) is 3.51. The average Bonchev–Trinajstić information content (AvgIpc) is 3.37. The molecule has 2 aromatic heterocycles. The molecule has 3 heterocycles. The van der Waals surface area contributed by atoms with Gasteiger partial charge in [0.05, 0.1) is 16.0 Å². The smallest absolute Gasteiger partial charge is 0.191 e. The first-order chi connectivity index (χ1) is 13.3. The number of hydrogen-bond donors (Lipinski definition) is 3. The van der Waals surface area contributed by atoms with Gasteiger partial charge >= 0.3 is 0 Å². The number of aliphatic imine (C=N–C) groups is 1. The van der Waals surface area contributed by atoms with Gasteiger partial charge in [-0.05, 0) is 42.5 Å². The zero-order valence-electron chi connectivity index (χ0n) is 16.0. The fraction of sp³-hybridized carbons (Fsp3) is 0.400. The van der Waals surface area contributed by atoms with Gasteiger partial charge in [0.1, 0.15) is 5.82 Å². The second-order valence-corrected chi connectivity index (χ2v) is 7.73. The van der Waals surface area contributed by atoms with Crippen LogP contribution < -0.4 is 15.5 Å². The lowest BCUT2D eigenvalue weighted by Crippen LogP contribution is -2.49. The molecule has 1 saturated heterocycles. The van der Waals surface area contributed by atoms with E-state index in [9.17, 15) is 0 Å². The summed E-state index contributed by atoms with van der Waals surface area (Å²) in [6.45, 7) is 2.98. The lowest BCUT2D eigenvalue weighted by atomic mass is 10.1. The third kappa shape index (κ3) is 5.16. The highest BCUT2D eigenvalue weighted by atomic mass is 127. The number of imidazole rings is 1. The van der Waals surface area contributed by atoms with Crippen LogP contribution >= 0.6 is 35.3 Å². The Morgan fingerprint density at radius 2 is 2.07 bits per heavy atom. The highest BCUT2D eigenvalue weighted by Crippen LogP contribution is 2.24. The summed E-state index contributed by atoms with van der Waals surface area (Å²) in [6.07, 6.45) is 3.09. The zero-order valence-corrected chi connectivity index (χ0v) is 19.2. The summed E-state index contributed by atoms with van der Waals surface area (Å²) in [7, 11) is 1.83. The number of rotatable bonds is 5. The second-order valence-electron chi connectivity index (χ2n) is 6.81. The van der Waals surface area contributed by atoms with E-state index in [1.54, 1.807) is 0 Å². The van der Waals surface area contributed by atoms with Crippen LogP contribution in [0.1, 0.15) is 18.7 Å². The molecule has 28 heavy (non-hydrogen) atoms. The van der Waals surface area contributed by atoms with E-state index in [1.807, 2.05) is 36.6 Å². The third-order valence-corrected chi connectivity index (χ3v) is 5.90. The molecule has 0 atom stereocenters. The van der Waals surface area contributed by atoms with Crippen molar-refractivity contribution in [2.75, 3.05) is 31.6 Å². The molecule has 3 N–H and O–H groups in total. The van der Waals surface area contributed by atoms with Crippen molar-refractivity contribution in [2.45, 2.75) is 25.3 Å². The summed E-state index contributed by atoms with van der Waals surface area (Å²) in [5, 5.41) is 10.5. The van der Waals surface area contributed by atoms with Gasteiger partial charge in [0.15, 0.2) is 5.96 Å². The number of hydrogen-bond acceptors (Lipinski definition) is 4. The molecule has 1 fully saturated rings. The normalized spacial score (nSPS) is 15.5. The van der Waals surface area contributed by atoms with Crippen LogP contribution in [0.25, 0.3) is 11.0 Å². The first-order valence-electron chi connectivity index (χ1n) is 9.51. The van der Waals surface area contributed by atoms with Gasteiger partial charge in [0.2, 0.25) is 0 Å². The van der Waals surface area contributed by atoms with Crippen molar-refractivity contribution in [2.24, 2.45) is 4.99 Å². The number of halogens is 1. The monoisotopic (exact) mass is 510 g/mol. The molecule has 0 unspecified atom stereocenters. The summed E-state index contributed by atoms with van der Waals surface area (Å²) >= 11 is 1.82. The van der Waals surface area contributed by atoms with E-state index in [1.165, 1.54) is 5.00 Å². The van der Waals surface area contributed by atoms with Gasteiger partial charge < -0.3 is 20.5 Å². The first kappa shape index (κ1) is 20.9. The third-order valence-electron chi connectivity index (χ3n) is 4.97. The largest absolute Gasteiger partial charge is 0.363 e. The number of H-pyrrole nitrogens is 1. The van der Waals surface area contributed by atoms with Crippen LogP contribution in [-0.2, 0) is 6.42 Å². The predicted octanol–water partition coefficient (Wildman–Crippen LogP) is 3.62. The van der Waals surface area contributed by atoms with E-state index in [0.717, 1.165) is 61.7 Å². The van der Waals surface area contributed by atoms with E-state index >= 15 is 0 Å². The minimum Gasteiger partial charge on any atom is -0.363 e. The fourth-order valence-corrected chi connectivity index (χ4v) is 4.29. The van der Waals surface area contributed by atoms with E-state index in [-0.39, 0.29) is 24.0 Å². The van der Waals surface area contributed by atoms with Gasteiger partial charge in [-0.2, -0.15) is 0 Å². The van der Waals surface area contributed by atoms with Gasteiger partial charge in [-0.15, -0.1) is 35.3 Å². The number of benzene rings is 1. The predicted molar refractivity (Wildman–Crippen MR) is 129 cm³/mol. The van der Waals surface area contributed by atoms with Crippen LogP contribution in [0.15, 0.2) is 46.8 Å². The van der Waals surface area contributed by atoms with Gasteiger partial charge in [0, 0.05) is 39.1 Å². The van der Waals surface area contributed by atoms with E-state index in [4.69, 9.17) is 0 Å². The highest BCUT2D eigenvalue weighted by molar-refractivity contribution is 14.0. The minimum absolute atomic E-state index is 0. The van der Waals surface area contributed by atoms with Crippen LogP contribution in [0.5, 0.6) is 0 Å². The molecule has 0 aliphatic carbocycles. The van der Waals surface area contributed by atoms with Gasteiger partial charge in [-0.3, -0.25) is 4.99 Å². The van der Waals surface area contributed by atoms with Crippen molar-refractivity contribution in [3.05, 3.63) is 47.6 Å². The standard InChI is InChI=1S/C20H26N6S.HI/c1-21-20(22-11-8-18-24-16-5-2-3-6-17(16)25-18)23-15-9-12-26(13-10-15)19-7-4-14-27-19;/h2-7,14-15H,8-13H2,1H3,(H,24,25)(H2,21,22,23);1H. The summed E-state index contributed by atoms with van der Waals surface area (Å²) in [4.78, 5) is 14.8. The minimum atomic E-state index is 0. The van der Waals surface area contributed by atoms with Crippen molar-refractivity contribution in [3.8, 4) is 0 Å². The molecule has 8 heteroatoms. The molecule has 0 amide bonds. The highest BCUT2D eigenvalue weighted by Gasteiger charge is 2.20. The molecule has 0 saturated carbocycles. The maximum atomic E-state index is 4.62. The Balaban J connectivity index is 0.00000225. The summed E-state index contributed by atoms with van der Waals surface area (Å²) in [6, 6.07) is 12.9. The van der Waals surface area contributed by atoms with Crippen LogP contribution in [0.2, 0.25) is 0 Å². The molecule has 1 aliphatic heterocycles. The Labute approximate surface area is 186 Å². The number of nitrogens with zero attached hydrogens (tertiary/aromatic N) is 3. The van der Waals surface area contributed by atoms with E-state index in [2.05, 4.69) is 54.1 Å². The van der Waals surface area contributed by atoms with Crippen LogP contribution in [0.3, 0.4) is 0 Å². The maximum Gasteiger partial charge on any atom is 0.191 e. The van der Waals surface area contributed by atoms with E-state index in [0.29, 0.717) is 6.04 Å². The molecule has 0 spiro atoms. The number of guanidine groups is 1. The number of fused-ring (bicyclic) bond motifs is 1. The van der Waals surface area contributed by atoms with Crippen LogP contribution in [0.4, 0.5) is 5.00 Å². The SMILES string of the molecule is CN=C(NCCc1nc2ccccc2[nH]1)NC1CCN(c2cccs2)CC1.I. The topological polar surface area (TPSA) is 68.3 Å². The average molecular weight is 510 g/mol. The number of aromatic amines is 1. The van der Waals surface area contributed by atoms with Gasteiger partial charge in [-0.1, -0.05) is 12.1 Å². The van der Waals surface area contributed by atoms with Gasteiger partial charge in [0.25, 0.3) is 0 Å². The molecule has 3 aromatic rings. The maximum absolute atomic E-state index is 4.62. The molecular weight excluding hydrogens is 483 g/mol. The molecular formula is C20H27IN6S. The second kappa shape index (κ2) is 10.1. The Kier molecular flexibility index (Phi) is 7.55. The number of para-hydroxylation sites is 2. The number of piperidine rings is 1. The van der Waals surface area contributed by atoms with Crippen molar-refractivity contribution in [1.82, 2.24) is 20.6 Å². The summed E-state index contributed by atoms with van der Waals surface area (Å²) < 4.78 is 0. The number of anilines is 1. The summed E-state index contributed by atoms with van der Waals surface area (Å²) in [5.41, 5.74) is 2.11. The summed E-state index contributed by atoms with van der Waals surface area (Å²) in [5.74, 6) is 1.88. The van der Waals surface area contributed by atoms with Crippen molar-refractivity contribution in [3.63, 3.8) is 0 Å². The molecule has 0 bridgehead atoms. The quantitative estimate of drug-likeness (QED) is 0.279. The molecule has 1 aromatic carbocycles. The van der Waals surface area contributed by atoms with Crippen molar-refractivity contribution < 1.29 is 0 Å². The van der Waals surface area contributed by atoms with Crippen LogP contribution in [0, 0.1) is 0 Å². The molecule has 6 nitrogen and oxygen atoms in total. The Hall–Kier alpha value is -1.81. The molecule has 1 aliphatic rings. The van der Waals surface area contributed by atoms with Crippen LogP contribution in [-0.4, -0.2) is 48.7 Å². The van der Waals surface area contributed by atoms with Crippen molar-refractivity contribution in [1.29, 1.82) is 0 Å². The molecule has 0 radical (unpaired) electrons. The number of thiophene rings is 1. The molecule has 150 valence electrons. The number of nitrogens with one attached hydrogen (secondary N) is 3. The van der Waals surface area contributed by atoms with Crippen molar-refractivity contribution >= 4 is 57.3 Å². The lowest BCUT2D eigenvalue weighted by Gasteiger charge is -2.33. The lowest BCUT2D eigenvalue weighted by molar-refractivity contribution is 0.463. The Bertz CT molecular complexity index is 850. The zero-order chi connectivity index (χ0) is 18.5. The van der Waals surface area contributed by atoms with Gasteiger partial charge in [-0.25, -0.2) is 4.98 Å². The number of aromatic nitrogens is 2. The molecule has 4 rings (SSSR count). The van der Waals surface area contributed by atoms with E-state index < -0.39 is 0 Å². The Morgan fingerprint density at radius 3 is 2.79 bits per heavy atom.